The molecule has 1 aromatic heterocycles. The maximum absolute atomic E-state index is 12.9. The molecule has 0 N–H and O–H groups in total. The number of pyridine rings is 1. The predicted octanol–water partition coefficient (Wildman–Crippen LogP) is 1.41. The normalized spacial score (nSPS) is 21.5. The summed E-state index contributed by atoms with van der Waals surface area (Å²) in [6.07, 6.45) is 3.33. The van der Waals surface area contributed by atoms with Gasteiger partial charge in [0.2, 0.25) is 0 Å². The number of halogens is 1. The molecule has 1 saturated heterocycles. The lowest BCUT2D eigenvalue weighted by Gasteiger charge is -2.22. The van der Waals surface area contributed by atoms with Crippen molar-refractivity contribution in [3.8, 4) is 0 Å². The van der Waals surface area contributed by atoms with Gasteiger partial charge in [0.1, 0.15) is 5.82 Å². The Morgan fingerprint density at radius 3 is 3.13 bits per heavy atom. The second-order valence-electron chi connectivity index (χ2n) is 3.92. The van der Waals surface area contributed by atoms with E-state index in [9.17, 15) is 9.18 Å². The molecule has 1 fully saturated rings. The third-order valence-corrected chi connectivity index (χ3v) is 2.66. The van der Waals surface area contributed by atoms with E-state index in [-0.39, 0.29) is 11.4 Å². The third kappa shape index (κ3) is 2.65. The lowest BCUT2D eigenvalue weighted by atomic mass is 10.0. The van der Waals surface area contributed by atoms with Crippen LogP contribution < -0.4 is 5.56 Å². The van der Waals surface area contributed by atoms with Crippen LogP contribution in [0.15, 0.2) is 23.1 Å². The number of rotatable bonds is 2. The van der Waals surface area contributed by atoms with Gasteiger partial charge in [-0.2, -0.15) is 0 Å². The first-order valence-electron chi connectivity index (χ1n) is 5.19. The van der Waals surface area contributed by atoms with Crippen LogP contribution in [0.3, 0.4) is 0 Å². The minimum atomic E-state index is -0.369. The summed E-state index contributed by atoms with van der Waals surface area (Å²) in [6.45, 7) is 2.02. The van der Waals surface area contributed by atoms with Gasteiger partial charge in [0.25, 0.3) is 5.56 Å². The van der Waals surface area contributed by atoms with Crippen molar-refractivity contribution >= 4 is 0 Å². The van der Waals surface area contributed by atoms with Crippen molar-refractivity contribution in [2.45, 2.75) is 19.4 Å². The van der Waals surface area contributed by atoms with Crippen molar-refractivity contribution in [1.29, 1.82) is 0 Å². The average molecular weight is 211 g/mol. The summed E-state index contributed by atoms with van der Waals surface area (Å²) in [5.74, 6) is -0.0374. The Balaban J connectivity index is 2.09. The van der Waals surface area contributed by atoms with E-state index in [1.807, 2.05) is 0 Å². The van der Waals surface area contributed by atoms with Crippen molar-refractivity contribution in [3.05, 3.63) is 34.5 Å². The van der Waals surface area contributed by atoms with Gasteiger partial charge in [0.05, 0.1) is 6.61 Å². The predicted molar refractivity (Wildman–Crippen MR) is 54.2 cm³/mol. The van der Waals surface area contributed by atoms with E-state index in [0.717, 1.165) is 19.4 Å². The van der Waals surface area contributed by atoms with Crippen molar-refractivity contribution in [2.75, 3.05) is 13.2 Å². The van der Waals surface area contributed by atoms with E-state index in [1.165, 1.54) is 22.9 Å². The molecule has 0 amide bonds. The lowest BCUT2D eigenvalue weighted by molar-refractivity contribution is 0.0479. The van der Waals surface area contributed by atoms with Crippen LogP contribution in [0.1, 0.15) is 12.8 Å². The Labute approximate surface area is 87.5 Å². The minimum Gasteiger partial charge on any atom is -0.381 e. The molecule has 1 aliphatic rings. The quantitative estimate of drug-likeness (QED) is 0.740. The lowest BCUT2D eigenvalue weighted by Crippen LogP contribution is -2.28. The van der Waals surface area contributed by atoms with E-state index in [2.05, 4.69) is 0 Å². The highest BCUT2D eigenvalue weighted by molar-refractivity contribution is 4.96. The van der Waals surface area contributed by atoms with Crippen LogP contribution in [0, 0.1) is 11.7 Å². The number of hydrogen-bond acceptors (Lipinski definition) is 2. The molecule has 3 nitrogen and oxygen atoms in total. The topological polar surface area (TPSA) is 31.2 Å². The van der Waals surface area contributed by atoms with E-state index in [0.29, 0.717) is 19.1 Å². The largest absolute Gasteiger partial charge is 0.381 e. The van der Waals surface area contributed by atoms with Crippen molar-refractivity contribution in [1.82, 2.24) is 4.57 Å². The zero-order valence-corrected chi connectivity index (χ0v) is 8.49. The molecule has 1 aliphatic heterocycles. The second kappa shape index (κ2) is 4.57. The molecule has 82 valence electrons. The van der Waals surface area contributed by atoms with Crippen LogP contribution in [-0.4, -0.2) is 17.8 Å². The standard InChI is InChI=1S/C11H14FNO2/c12-10-3-4-11(14)13(7-10)6-9-2-1-5-15-8-9/h3-4,7,9H,1-2,5-6,8H2. The number of hydrogen-bond donors (Lipinski definition) is 0. The number of nitrogens with zero attached hydrogens (tertiary/aromatic N) is 1. The Morgan fingerprint density at radius 1 is 1.53 bits per heavy atom. The fourth-order valence-corrected chi connectivity index (χ4v) is 1.87. The molecule has 0 radical (unpaired) electrons. The molecule has 1 unspecified atom stereocenters. The third-order valence-electron chi connectivity index (χ3n) is 2.66. The molecular weight excluding hydrogens is 197 g/mol. The zero-order valence-electron chi connectivity index (χ0n) is 8.49. The van der Waals surface area contributed by atoms with Gasteiger partial charge in [-0.1, -0.05) is 0 Å². The molecule has 1 atom stereocenters. The molecular formula is C11H14FNO2. The van der Waals surface area contributed by atoms with Gasteiger partial charge in [-0.15, -0.1) is 0 Å². The monoisotopic (exact) mass is 211 g/mol. The van der Waals surface area contributed by atoms with Crippen LogP contribution in [0.2, 0.25) is 0 Å². The zero-order chi connectivity index (χ0) is 10.7. The molecule has 0 saturated carbocycles. The molecule has 0 bridgehead atoms. The van der Waals surface area contributed by atoms with Gasteiger partial charge in [0.15, 0.2) is 0 Å². The van der Waals surface area contributed by atoms with Gasteiger partial charge >= 0.3 is 0 Å². The van der Waals surface area contributed by atoms with E-state index < -0.39 is 0 Å². The van der Waals surface area contributed by atoms with Crippen LogP contribution in [0.25, 0.3) is 0 Å². The highest BCUT2D eigenvalue weighted by Gasteiger charge is 2.14. The van der Waals surface area contributed by atoms with Crippen molar-refractivity contribution < 1.29 is 9.13 Å². The first-order chi connectivity index (χ1) is 7.25. The highest BCUT2D eigenvalue weighted by Crippen LogP contribution is 2.14. The summed E-state index contributed by atoms with van der Waals surface area (Å²) in [5, 5.41) is 0. The number of ether oxygens (including phenoxy) is 1. The average Bonchev–Trinajstić information content (AvgIpc) is 2.25. The molecule has 0 aliphatic carbocycles. The van der Waals surface area contributed by atoms with Gasteiger partial charge in [-0.05, 0) is 18.9 Å². The molecule has 4 heteroatoms. The number of aromatic nitrogens is 1. The molecule has 0 aromatic carbocycles. The van der Waals surface area contributed by atoms with Gasteiger partial charge in [-0.25, -0.2) is 4.39 Å². The van der Waals surface area contributed by atoms with Gasteiger partial charge < -0.3 is 9.30 Å². The summed E-state index contributed by atoms with van der Waals surface area (Å²) in [6, 6.07) is 2.45. The minimum absolute atomic E-state index is 0.151. The Bertz CT molecular complexity index is 382. The summed E-state index contributed by atoms with van der Waals surface area (Å²) in [7, 11) is 0. The summed E-state index contributed by atoms with van der Waals surface area (Å²) < 4.78 is 19.7. The van der Waals surface area contributed by atoms with E-state index >= 15 is 0 Å². The van der Waals surface area contributed by atoms with Crippen LogP contribution >= 0.6 is 0 Å². The molecule has 0 spiro atoms. The van der Waals surface area contributed by atoms with Crippen molar-refractivity contribution in [3.63, 3.8) is 0 Å². The van der Waals surface area contributed by atoms with Crippen LogP contribution in [0.4, 0.5) is 4.39 Å². The molecule has 1 aromatic rings. The molecule has 2 heterocycles. The summed E-state index contributed by atoms with van der Waals surface area (Å²) in [5.41, 5.74) is -0.151. The Hall–Kier alpha value is -1.16. The maximum Gasteiger partial charge on any atom is 0.250 e. The summed E-state index contributed by atoms with van der Waals surface area (Å²) in [4.78, 5) is 11.4. The first-order valence-corrected chi connectivity index (χ1v) is 5.19. The smallest absolute Gasteiger partial charge is 0.250 e. The Morgan fingerprint density at radius 2 is 2.40 bits per heavy atom. The van der Waals surface area contributed by atoms with Crippen LogP contribution in [-0.2, 0) is 11.3 Å². The molecule has 15 heavy (non-hydrogen) atoms. The van der Waals surface area contributed by atoms with E-state index in [1.54, 1.807) is 0 Å². The van der Waals surface area contributed by atoms with E-state index in [4.69, 9.17) is 4.74 Å². The molecule has 2 rings (SSSR count). The summed E-state index contributed by atoms with van der Waals surface area (Å²) >= 11 is 0. The van der Waals surface area contributed by atoms with Gasteiger partial charge in [-0.3, -0.25) is 4.79 Å². The second-order valence-corrected chi connectivity index (χ2v) is 3.92. The van der Waals surface area contributed by atoms with Crippen molar-refractivity contribution in [2.24, 2.45) is 5.92 Å². The highest BCUT2D eigenvalue weighted by atomic mass is 19.1. The first kappa shape index (κ1) is 10.4. The van der Waals surface area contributed by atoms with Gasteiger partial charge in [0, 0.05) is 31.3 Å². The fraction of sp³-hybridized carbons (Fsp3) is 0.545. The Kier molecular flexibility index (Phi) is 3.16. The fourth-order valence-electron chi connectivity index (χ4n) is 1.87. The van der Waals surface area contributed by atoms with Crippen LogP contribution in [0.5, 0.6) is 0 Å². The SMILES string of the molecule is O=c1ccc(F)cn1CC1CCCOC1. The maximum atomic E-state index is 12.9.